The lowest BCUT2D eigenvalue weighted by Gasteiger charge is -2.36. The molecule has 3 fully saturated rings. The second kappa shape index (κ2) is 9.08. The molecule has 5 rings (SSSR count). The fourth-order valence-electron chi connectivity index (χ4n) is 6.06. The molecule has 0 unspecified atom stereocenters. The Morgan fingerprint density at radius 2 is 1.88 bits per heavy atom. The molecule has 3 aliphatic rings. The van der Waals surface area contributed by atoms with Crippen LogP contribution >= 0.6 is 0 Å². The maximum atomic E-state index is 13.6. The molecule has 2 saturated carbocycles. The van der Waals surface area contributed by atoms with Gasteiger partial charge in [-0.2, -0.15) is 0 Å². The van der Waals surface area contributed by atoms with Gasteiger partial charge in [0.2, 0.25) is 11.8 Å². The highest BCUT2D eigenvalue weighted by Gasteiger charge is 2.58. The average molecular weight is 435 g/mol. The van der Waals surface area contributed by atoms with E-state index >= 15 is 0 Å². The maximum absolute atomic E-state index is 13.6. The van der Waals surface area contributed by atoms with Crippen LogP contribution in [0.25, 0.3) is 0 Å². The Hall–Kier alpha value is -2.63. The molecule has 6 nitrogen and oxygen atoms in total. The van der Waals surface area contributed by atoms with Crippen molar-refractivity contribution in [2.45, 2.75) is 57.4 Å². The highest BCUT2D eigenvalue weighted by molar-refractivity contribution is 5.85. The van der Waals surface area contributed by atoms with Crippen LogP contribution in [0.15, 0.2) is 49.1 Å². The van der Waals surface area contributed by atoms with Crippen LogP contribution in [0.4, 0.5) is 0 Å². The molecule has 2 amide bonds. The Balaban J connectivity index is 1.15. The zero-order chi connectivity index (χ0) is 22.0. The Bertz CT molecular complexity index is 913. The molecule has 2 aromatic rings. The third-order valence-corrected chi connectivity index (χ3v) is 8.10. The number of carbonyl (C=O) groups excluding carboxylic acids is 2. The van der Waals surface area contributed by atoms with Gasteiger partial charge in [-0.1, -0.05) is 43.2 Å². The number of carbonyl (C=O) groups is 2. The Labute approximate surface area is 190 Å². The molecule has 6 heteroatoms. The van der Waals surface area contributed by atoms with Crippen LogP contribution in [0, 0.1) is 17.3 Å². The van der Waals surface area contributed by atoms with Crippen molar-refractivity contribution in [3.63, 3.8) is 0 Å². The van der Waals surface area contributed by atoms with Crippen molar-refractivity contribution in [3.8, 4) is 0 Å². The third kappa shape index (κ3) is 4.32. The molecule has 1 spiro atoms. The molecule has 2 atom stereocenters. The van der Waals surface area contributed by atoms with E-state index in [2.05, 4.69) is 39.5 Å². The van der Waals surface area contributed by atoms with Crippen LogP contribution in [0.3, 0.4) is 0 Å². The lowest BCUT2D eigenvalue weighted by molar-refractivity contribution is -0.135. The number of aromatic nitrogens is 2. The minimum atomic E-state index is -0.00535. The summed E-state index contributed by atoms with van der Waals surface area (Å²) in [6, 6.07) is 10.4. The molecule has 1 aromatic heterocycles. The average Bonchev–Trinajstić information content (AvgIpc) is 3.21. The van der Waals surface area contributed by atoms with Gasteiger partial charge in [-0.3, -0.25) is 9.59 Å². The molecule has 170 valence electrons. The summed E-state index contributed by atoms with van der Waals surface area (Å²) in [5.74, 6) is 1.06. The molecular formula is C26H34N4O2. The molecule has 0 radical (unpaired) electrons. The smallest absolute Gasteiger partial charge is 0.230 e. The molecule has 2 heterocycles. The van der Waals surface area contributed by atoms with Gasteiger partial charge in [0, 0.05) is 44.5 Å². The van der Waals surface area contributed by atoms with Crippen molar-refractivity contribution in [1.29, 1.82) is 0 Å². The van der Waals surface area contributed by atoms with Crippen molar-refractivity contribution >= 4 is 11.8 Å². The molecular weight excluding hydrogens is 400 g/mol. The number of nitrogens with one attached hydrogen (secondary N) is 1. The maximum Gasteiger partial charge on any atom is 0.230 e. The van der Waals surface area contributed by atoms with Crippen LogP contribution in [-0.4, -0.2) is 45.9 Å². The molecule has 1 saturated heterocycles. The summed E-state index contributed by atoms with van der Waals surface area (Å²) in [4.78, 5) is 32.4. The minimum Gasteiger partial charge on any atom is -0.354 e. The van der Waals surface area contributed by atoms with Crippen LogP contribution < -0.4 is 5.32 Å². The highest BCUT2D eigenvalue weighted by atomic mass is 16.2. The van der Waals surface area contributed by atoms with E-state index in [1.807, 2.05) is 16.8 Å². The summed E-state index contributed by atoms with van der Waals surface area (Å²) in [7, 11) is 0. The second-order valence-electron chi connectivity index (χ2n) is 9.97. The largest absolute Gasteiger partial charge is 0.354 e. The van der Waals surface area contributed by atoms with Gasteiger partial charge in [0.15, 0.2) is 0 Å². The summed E-state index contributed by atoms with van der Waals surface area (Å²) in [5.41, 5.74) is 1.29. The number of benzene rings is 1. The molecule has 1 N–H and O–H groups in total. The van der Waals surface area contributed by atoms with E-state index in [9.17, 15) is 9.59 Å². The van der Waals surface area contributed by atoms with Gasteiger partial charge in [0.25, 0.3) is 0 Å². The van der Waals surface area contributed by atoms with Crippen LogP contribution in [-0.2, 0) is 16.1 Å². The van der Waals surface area contributed by atoms with Crippen molar-refractivity contribution in [2.75, 3.05) is 19.6 Å². The normalized spacial score (nSPS) is 23.2. The first-order chi connectivity index (χ1) is 15.7. The quantitative estimate of drug-likeness (QED) is 0.724. The molecule has 1 aliphatic heterocycles. The number of rotatable bonds is 7. The van der Waals surface area contributed by atoms with Gasteiger partial charge in [0.1, 0.15) is 0 Å². The first kappa shape index (κ1) is 21.2. The minimum absolute atomic E-state index is 0.00535. The van der Waals surface area contributed by atoms with Gasteiger partial charge in [0.05, 0.1) is 12.2 Å². The molecule has 1 aromatic carbocycles. The van der Waals surface area contributed by atoms with E-state index in [4.69, 9.17) is 0 Å². The number of likely N-dealkylation sites (tertiary alicyclic amines) is 1. The standard InChI is InChI=1S/C26H34N4O2/c31-24(28-13-17-29-16-12-27-19-29)22-18-26(22)10-14-30(15-11-26)25(32)23(21-8-4-5-9-21)20-6-2-1-3-7-20/h1-3,6-7,12,16,19,21-23H,4-5,8-11,13-15,17-18H2,(H,28,31)/t22-,23+/m1/s1. The zero-order valence-electron chi connectivity index (χ0n) is 18.8. The van der Waals surface area contributed by atoms with Gasteiger partial charge in [-0.15, -0.1) is 0 Å². The first-order valence-corrected chi connectivity index (χ1v) is 12.2. The highest BCUT2D eigenvalue weighted by Crippen LogP contribution is 2.59. The zero-order valence-corrected chi connectivity index (χ0v) is 18.8. The number of piperidine rings is 1. The number of imidazole rings is 1. The van der Waals surface area contributed by atoms with E-state index in [-0.39, 0.29) is 23.2 Å². The first-order valence-electron chi connectivity index (χ1n) is 12.2. The summed E-state index contributed by atoms with van der Waals surface area (Å²) < 4.78 is 1.97. The number of amides is 2. The van der Waals surface area contributed by atoms with Crippen LogP contribution in [0.2, 0.25) is 0 Å². The Kier molecular flexibility index (Phi) is 6.03. The Morgan fingerprint density at radius 3 is 2.56 bits per heavy atom. The van der Waals surface area contributed by atoms with Crippen molar-refractivity contribution < 1.29 is 9.59 Å². The van der Waals surface area contributed by atoms with Crippen molar-refractivity contribution in [2.24, 2.45) is 17.3 Å². The lowest BCUT2D eigenvalue weighted by Crippen LogP contribution is -2.44. The predicted octanol–water partition coefficient (Wildman–Crippen LogP) is 3.60. The predicted molar refractivity (Wildman–Crippen MR) is 123 cm³/mol. The second-order valence-corrected chi connectivity index (χ2v) is 9.97. The lowest BCUT2D eigenvalue weighted by atomic mass is 9.82. The number of nitrogens with zero attached hydrogens (tertiary/aromatic N) is 3. The van der Waals surface area contributed by atoms with Crippen molar-refractivity contribution in [3.05, 3.63) is 54.6 Å². The summed E-state index contributed by atoms with van der Waals surface area (Å²) in [6.07, 6.45) is 13.1. The summed E-state index contributed by atoms with van der Waals surface area (Å²) in [6.45, 7) is 2.95. The summed E-state index contributed by atoms with van der Waals surface area (Å²) >= 11 is 0. The van der Waals surface area contributed by atoms with Crippen LogP contribution in [0.5, 0.6) is 0 Å². The Morgan fingerprint density at radius 1 is 1.12 bits per heavy atom. The summed E-state index contributed by atoms with van der Waals surface area (Å²) in [5, 5.41) is 3.10. The van der Waals surface area contributed by atoms with Gasteiger partial charge in [-0.05, 0) is 49.0 Å². The van der Waals surface area contributed by atoms with Gasteiger partial charge < -0.3 is 14.8 Å². The number of hydrogen-bond acceptors (Lipinski definition) is 3. The molecule has 0 bridgehead atoms. The van der Waals surface area contributed by atoms with E-state index in [0.29, 0.717) is 18.4 Å². The van der Waals surface area contributed by atoms with Crippen molar-refractivity contribution in [1.82, 2.24) is 19.8 Å². The molecule has 2 aliphatic carbocycles. The van der Waals surface area contributed by atoms with E-state index in [1.165, 1.54) is 18.4 Å². The van der Waals surface area contributed by atoms with Gasteiger partial charge >= 0.3 is 0 Å². The fourth-order valence-corrected chi connectivity index (χ4v) is 6.06. The van der Waals surface area contributed by atoms with E-state index < -0.39 is 0 Å². The van der Waals surface area contributed by atoms with E-state index in [0.717, 1.165) is 51.7 Å². The van der Waals surface area contributed by atoms with Gasteiger partial charge in [-0.25, -0.2) is 4.98 Å². The SMILES string of the molecule is O=C(NCCn1ccnc1)[C@H]1CC12CCN(C(=O)[C@@H](c1ccccc1)C1CCCC1)CC2. The fraction of sp³-hybridized carbons (Fsp3) is 0.577. The van der Waals surface area contributed by atoms with E-state index in [1.54, 1.807) is 12.5 Å². The monoisotopic (exact) mass is 434 g/mol. The molecule has 32 heavy (non-hydrogen) atoms. The van der Waals surface area contributed by atoms with Crippen LogP contribution in [0.1, 0.15) is 56.4 Å². The third-order valence-electron chi connectivity index (χ3n) is 8.10. The topological polar surface area (TPSA) is 67.2 Å². The number of hydrogen-bond donors (Lipinski definition) is 1.